The number of nitrogens with two attached hydrogens (primary N) is 1. The van der Waals surface area contributed by atoms with Gasteiger partial charge < -0.3 is 21.1 Å². The molecule has 1 aliphatic heterocycles. The zero-order chi connectivity index (χ0) is 22.2. The Hall–Kier alpha value is -3.31. The standard InChI is InChI=1S/C27H31N3O2/c28-26-18-24(12-11-22(26)16-20-8-5-14-29-15-13-20)30-27(31)23-9-4-10-25(17-23)32-19-21-6-2-1-3-7-21/h1-10,13-15,17,22,24,26,29H,11-12,16,18-19,28H2,(H,30,31). The summed E-state index contributed by atoms with van der Waals surface area (Å²) >= 11 is 0. The maximum atomic E-state index is 12.8. The van der Waals surface area contributed by atoms with Crippen molar-refractivity contribution in [1.82, 2.24) is 10.6 Å². The lowest BCUT2D eigenvalue weighted by atomic mass is 9.78. The van der Waals surface area contributed by atoms with Crippen molar-refractivity contribution in [2.75, 3.05) is 0 Å². The van der Waals surface area contributed by atoms with E-state index >= 15 is 0 Å². The summed E-state index contributed by atoms with van der Waals surface area (Å²) in [6.07, 6.45) is 13.8. The average molecular weight is 430 g/mol. The van der Waals surface area contributed by atoms with Crippen LogP contribution in [-0.4, -0.2) is 18.0 Å². The molecular formula is C27H31N3O2. The van der Waals surface area contributed by atoms with Gasteiger partial charge in [-0.15, -0.1) is 0 Å². The maximum absolute atomic E-state index is 12.8. The highest BCUT2D eigenvalue weighted by Gasteiger charge is 2.29. The molecule has 2 aromatic rings. The van der Waals surface area contributed by atoms with Gasteiger partial charge in [-0.05, 0) is 73.1 Å². The molecule has 0 bridgehead atoms. The van der Waals surface area contributed by atoms with Crippen LogP contribution in [0, 0.1) is 5.92 Å². The molecule has 32 heavy (non-hydrogen) atoms. The van der Waals surface area contributed by atoms with Crippen molar-refractivity contribution in [3.05, 3.63) is 102 Å². The number of ether oxygens (including phenoxy) is 1. The summed E-state index contributed by atoms with van der Waals surface area (Å²) in [5.74, 6) is 1.05. The molecule has 0 radical (unpaired) electrons. The van der Waals surface area contributed by atoms with Crippen LogP contribution in [0.5, 0.6) is 5.75 Å². The summed E-state index contributed by atoms with van der Waals surface area (Å²) in [5.41, 5.74) is 9.49. The summed E-state index contributed by atoms with van der Waals surface area (Å²) < 4.78 is 5.87. The van der Waals surface area contributed by atoms with Gasteiger partial charge in [0.2, 0.25) is 0 Å². The van der Waals surface area contributed by atoms with Crippen LogP contribution >= 0.6 is 0 Å². The summed E-state index contributed by atoms with van der Waals surface area (Å²) in [6, 6.07) is 17.5. The minimum atomic E-state index is -0.0727. The third-order valence-corrected chi connectivity index (χ3v) is 6.12. The molecular weight excluding hydrogens is 398 g/mol. The predicted octanol–water partition coefficient (Wildman–Crippen LogP) is 4.44. The fourth-order valence-corrected chi connectivity index (χ4v) is 4.32. The minimum Gasteiger partial charge on any atom is -0.489 e. The van der Waals surface area contributed by atoms with Crippen molar-refractivity contribution < 1.29 is 9.53 Å². The van der Waals surface area contributed by atoms with E-state index in [1.807, 2.05) is 67.0 Å². The van der Waals surface area contributed by atoms with Gasteiger partial charge in [-0.3, -0.25) is 4.79 Å². The van der Waals surface area contributed by atoms with Crippen molar-refractivity contribution in [2.45, 2.75) is 44.4 Å². The third-order valence-electron chi connectivity index (χ3n) is 6.12. The lowest BCUT2D eigenvalue weighted by molar-refractivity contribution is 0.0917. The molecule has 166 valence electrons. The maximum Gasteiger partial charge on any atom is 0.251 e. The average Bonchev–Trinajstić information content (AvgIpc) is 3.09. The van der Waals surface area contributed by atoms with Gasteiger partial charge in [0.25, 0.3) is 5.91 Å². The van der Waals surface area contributed by atoms with Gasteiger partial charge in [-0.2, -0.15) is 0 Å². The Morgan fingerprint density at radius 1 is 1.09 bits per heavy atom. The molecule has 3 unspecified atom stereocenters. The van der Waals surface area contributed by atoms with Crippen LogP contribution in [0.4, 0.5) is 0 Å². The van der Waals surface area contributed by atoms with Crippen molar-refractivity contribution in [3.63, 3.8) is 0 Å². The van der Waals surface area contributed by atoms with Gasteiger partial charge in [0.15, 0.2) is 0 Å². The number of allylic oxidation sites excluding steroid dienone is 4. The van der Waals surface area contributed by atoms with Crippen molar-refractivity contribution in [1.29, 1.82) is 0 Å². The number of carbonyl (C=O) groups excluding carboxylic acids is 1. The Balaban J connectivity index is 1.29. The van der Waals surface area contributed by atoms with Crippen LogP contribution in [-0.2, 0) is 6.61 Å². The summed E-state index contributed by atoms with van der Waals surface area (Å²) in [7, 11) is 0. The summed E-state index contributed by atoms with van der Waals surface area (Å²) in [4.78, 5) is 12.8. The number of amides is 1. The Morgan fingerprint density at radius 2 is 1.97 bits per heavy atom. The summed E-state index contributed by atoms with van der Waals surface area (Å²) in [5, 5.41) is 6.27. The van der Waals surface area contributed by atoms with Crippen LogP contribution in [0.15, 0.2) is 90.8 Å². The molecule has 3 atom stereocenters. The van der Waals surface area contributed by atoms with Crippen LogP contribution in [0.1, 0.15) is 41.6 Å². The van der Waals surface area contributed by atoms with Crippen molar-refractivity contribution in [2.24, 2.45) is 11.7 Å². The highest BCUT2D eigenvalue weighted by molar-refractivity contribution is 5.94. The van der Waals surface area contributed by atoms with Gasteiger partial charge in [0.1, 0.15) is 12.4 Å². The van der Waals surface area contributed by atoms with Crippen LogP contribution < -0.4 is 21.1 Å². The predicted molar refractivity (Wildman–Crippen MR) is 128 cm³/mol. The second kappa shape index (κ2) is 10.8. The highest BCUT2D eigenvalue weighted by atomic mass is 16.5. The Morgan fingerprint density at radius 3 is 2.81 bits per heavy atom. The molecule has 1 fully saturated rings. The van der Waals surface area contributed by atoms with Gasteiger partial charge in [0.05, 0.1) is 0 Å². The molecule has 0 aromatic heterocycles. The second-order valence-corrected chi connectivity index (χ2v) is 8.51. The zero-order valence-corrected chi connectivity index (χ0v) is 18.2. The molecule has 1 aliphatic carbocycles. The number of benzene rings is 2. The van der Waals surface area contributed by atoms with E-state index in [4.69, 9.17) is 10.5 Å². The number of hydrogen-bond acceptors (Lipinski definition) is 4. The number of nitrogens with one attached hydrogen (secondary N) is 2. The lowest BCUT2D eigenvalue weighted by Crippen LogP contribution is -2.46. The monoisotopic (exact) mass is 429 g/mol. The van der Waals surface area contributed by atoms with Crippen LogP contribution in [0.25, 0.3) is 0 Å². The quantitative estimate of drug-likeness (QED) is 0.608. The molecule has 4 rings (SSSR count). The van der Waals surface area contributed by atoms with E-state index in [1.165, 1.54) is 5.57 Å². The Bertz CT molecular complexity index is 997. The molecule has 2 aromatic carbocycles. The molecule has 5 nitrogen and oxygen atoms in total. The number of rotatable bonds is 7. The normalized spacial score (nSPS) is 22.4. The van der Waals surface area contributed by atoms with E-state index in [9.17, 15) is 4.79 Å². The van der Waals surface area contributed by atoms with Gasteiger partial charge in [-0.1, -0.05) is 42.5 Å². The smallest absolute Gasteiger partial charge is 0.251 e. The first-order valence-corrected chi connectivity index (χ1v) is 11.3. The van der Waals surface area contributed by atoms with Gasteiger partial charge >= 0.3 is 0 Å². The van der Waals surface area contributed by atoms with E-state index in [2.05, 4.69) is 22.8 Å². The van der Waals surface area contributed by atoms with Gasteiger partial charge in [-0.25, -0.2) is 0 Å². The third kappa shape index (κ3) is 6.11. The molecule has 0 saturated heterocycles. The molecule has 1 heterocycles. The van der Waals surface area contributed by atoms with Crippen molar-refractivity contribution in [3.8, 4) is 5.75 Å². The number of carbonyl (C=O) groups is 1. The first kappa shape index (κ1) is 21.9. The Kier molecular flexibility index (Phi) is 7.41. The lowest BCUT2D eigenvalue weighted by Gasteiger charge is -2.34. The van der Waals surface area contributed by atoms with Crippen LogP contribution in [0.3, 0.4) is 0 Å². The molecule has 2 aliphatic rings. The molecule has 0 spiro atoms. The zero-order valence-electron chi connectivity index (χ0n) is 18.2. The fourth-order valence-electron chi connectivity index (χ4n) is 4.32. The fraction of sp³-hybridized carbons (Fsp3) is 0.296. The largest absolute Gasteiger partial charge is 0.489 e. The highest BCUT2D eigenvalue weighted by Crippen LogP contribution is 2.29. The topological polar surface area (TPSA) is 76.4 Å². The van der Waals surface area contributed by atoms with E-state index in [0.29, 0.717) is 23.8 Å². The van der Waals surface area contributed by atoms with E-state index < -0.39 is 0 Å². The van der Waals surface area contributed by atoms with Crippen molar-refractivity contribution >= 4 is 5.91 Å². The van der Waals surface area contributed by atoms with Gasteiger partial charge in [0, 0.05) is 30.0 Å². The molecule has 5 heteroatoms. The minimum absolute atomic E-state index is 0.0727. The van der Waals surface area contributed by atoms with E-state index in [1.54, 1.807) is 6.07 Å². The van der Waals surface area contributed by atoms with E-state index in [-0.39, 0.29) is 18.0 Å². The Labute approximate surface area is 190 Å². The van der Waals surface area contributed by atoms with E-state index in [0.717, 1.165) is 31.2 Å². The first-order valence-electron chi connectivity index (χ1n) is 11.3. The summed E-state index contributed by atoms with van der Waals surface area (Å²) in [6.45, 7) is 0.474. The number of hydrogen-bond donors (Lipinski definition) is 3. The molecule has 1 amide bonds. The van der Waals surface area contributed by atoms with Crippen LogP contribution in [0.2, 0.25) is 0 Å². The first-order chi connectivity index (χ1) is 15.7. The SMILES string of the molecule is NC1CC(NC(=O)c2cccc(OCc3ccccc3)c2)CCC1CC1=CC=CNC=C1. The molecule has 1 saturated carbocycles. The molecule has 4 N–H and O–H groups in total. The second-order valence-electron chi connectivity index (χ2n) is 8.51.